The highest BCUT2D eigenvalue weighted by Gasteiger charge is 2.14. The smallest absolute Gasteiger partial charge is 0.197 e. The van der Waals surface area contributed by atoms with E-state index in [9.17, 15) is 9.18 Å². The lowest BCUT2D eigenvalue weighted by atomic mass is 10.0. The van der Waals surface area contributed by atoms with Gasteiger partial charge in [0.1, 0.15) is 5.82 Å². The van der Waals surface area contributed by atoms with Gasteiger partial charge in [0.2, 0.25) is 0 Å². The highest BCUT2D eigenvalue weighted by molar-refractivity contribution is 14.1. The van der Waals surface area contributed by atoms with Crippen LogP contribution in [0.25, 0.3) is 0 Å². The Morgan fingerprint density at radius 3 is 2.81 bits per heavy atom. The maximum absolute atomic E-state index is 13.5. The van der Waals surface area contributed by atoms with Gasteiger partial charge in [-0.15, -0.1) is 0 Å². The van der Waals surface area contributed by atoms with E-state index in [1.165, 1.54) is 18.3 Å². The molecular weight excluding hydrogens is 320 g/mol. The van der Waals surface area contributed by atoms with E-state index in [0.717, 1.165) is 3.57 Å². The first-order valence-corrected chi connectivity index (χ1v) is 5.66. The van der Waals surface area contributed by atoms with E-state index >= 15 is 0 Å². The van der Waals surface area contributed by atoms with Crippen LogP contribution in [0.1, 0.15) is 15.9 Å². The minimum atomic E-state index is -0.505. The third-order valence-corrected chi connectivity index (χ3v) is 2.77. The molecule has 0 unspecified atom stereocenters. The highest BCUT2D eigenvalue weighted by Crippen LogP contribution is 2.16. The van der Waals surface area contributed by atoms with Crippen molar-refractivity contribution in [2.24, 2.45) is 0 Å². The van der Waals surface area contributed by atoms with Gasteiger partial charge in [0.25, 0.3) is 0 Å². The molecule has 0 aliphatic carbocycles. The van der Waals surface area contributed by atoms with Crippen LogP contribution in [-0.2, 0) is 0 Å². The molecule has 0 bridgehead atoms. The SMILES string of the molecule is O=C(c1cccnc1)c1cc(I)ccc1F. The fraction of sp³-hybridized carbons (Fsp3) is 0. The summed E-state index contributed by atoms with van der Waals surface area (Å²) in [5.41, 5.74) is 0.475. The van der Waals surface area contributed by atoms with Gasteiger partial charge in [-0.1, -0.05) is 0 Å². The van der Waals surface area contributed by atoms with Crippen molar-refractivity contribution < 1.29 is 9.18 Å². The number of halogens is 2. The van der Waals surface area contributed by atoms with Gasteiger partial charge in [-0.05, 0) is 52.9 Å². The molecule has 16 heavy (non-hydrogen) atoms. The van der Waals surface area contributed by atoms with Crippen LogP contribution >= 0.6 is 22.6 Å². The predicted molar refractivity (Wildman–Crippen MR) is 66.8 cm³/mol. The molecule has 0 radical (unpaired) electrons. The molecule has 0 saturated carbocycles. The topological polar surface area (TPSA) is 30.0 Å². The average Bonchev–Trinajstić information content (AvgIpc) is 2.32. The molecule has 1 aromatic carbocycles. The number of hydrogen-bond donors (Lipinski definition) is 0. The van der Waals surface area contributed by atoms with Crippen LogP contribution in [0.3, 0.4) is 0 Å². The summed E-state index contributed by atoms with van der Waals surface area (Å²) in [5.74, 6) is -0.849. The Hall–Kier alpha value is -1.30. The summed E-state index contributed by atoms with van der Waals surface area (Å²) in [6.07, 6.45) is 3.00. The molecule has 0 spiro atoms. The van der Waals surface area contributed by atoms with Gasteiger partial charge in [-0.25, -0.2) is 4.39 Å². The van der Waals surface area contributed by atoms with Crippen LogP contribution in [0.4, 0.5) is 4.39 Å². The standard InChI is InChI=1S/C12H7FINO/c13-11-4-3-9(14)6-10(11)12(16)8-2-1-5-15-7-8/h1-7H. The molecule has 2 aromatic rings. The zero-order chi connectivity index (χ0) is 11.5. The van der Waals surface area contributed by atoms with Crippen molar-refractivity contribution in [1.29, 1.82) is 0 Å². The average molecular weight is 327 g/mol. The molecule has 2 nitrogen and oxygen atoms in total. The molecule has 2 rings (SSSR count). The Balaban J connectivity index is 2.46. The number of carbonyl (C=O) groups excluding carboxylic acids is 1. The van der Waals surface area contributed by atoms with Crippen molar-refractivity contribution >= 4 is 28.4 Å². The number of hydrogen-bond acceptors (Lipinski definition) is 2. The van der Waals surface area contributed by atoms with Crippen LogP contribution < -0.4 is 0 Å². The lowest BCUT2D eigenvalue weighted by Crippen LogP contribution is -2.04. The molecule has 0 N–H and O–H groups in total. The molecular formula is C12H7FINO. The third kappa shape index (κ3) is 2.27. The number of benzene rings is 1. The van der Waals surface area contributed by atoms with E-state index in [1.807, 2.05) is 22.6 Å². The molecule has 80 valence electrons. The van der Waals surface area contributed by atoms with E-state index in [4.69, 9.17) is 0 Å². The fourth-order valence-electron chi connectivity index (χ4n) is 1.32. The van der Waals surface area contributed by atoms with E-state index in [-0.39, 0.29) is 11.3 Å². The zero-order valence-corrected chi connectivity index (χ0v) is 10.3. The Morgan fingerprint density at radius 2 is 2.12 bits per heavy atom. The molecule has 0 aliphatic heterocycles. The number of ketones is 1. The van der Waals surface area contributed by atoms with Crippen molar-refractivity contribution in [3.05, 3.63) is 63.2 Å². The Morgan fingerprint density at radius 1 is 1.31 bits per heavy atom. The Bertz CT molecular complexity index is 528. The molecule has 0 fully saturated rings. The molecule has 1 aromatic heterocycles. The summed E-state index contributed by atoms with van der Waals surface area (Å²) in [5, 5.41) is 0. The number of pyridine rings is 1. The van der Waals surface area contributed by atoms with Crippen molar-refractivity contribution in [3.63, 3.8) is 0 Å². The molecule has 4 heteroatoms. The summed E-state index contributed by atoms with van der Waals surface area (Å²) in [7, 11) is 0. The number of aromatic nitrogens is 1. The zero-order valence-electron chi connectivity index (χ0n) is 8.15. The van der Waals surface area contributed by atoms with Gasteiger partial charge >= 0.3 is 0 Å². The summed E-state index contributed by atoms with van der Waals surface area (Å²) in [4.78, 5) is 15.8. The predicted octanol–water partition coefficient (Wildman–Crippen LogP) is 3.06. The van der Waals surface area contributed by atoms with Crippen LogP contribution in [0, 0.1) is 9.39 Å². The minimum Gasteiger partial charge on any atom is -0.288 e. The van der Waals surface area contributed by atoms with Gasteiger partial charge in [0, 0.05) is 21.5 Å². The van der Waals surface area contributed by atoms with Crippen molar-refractivity contribution in [3.8, 4) is 0 Å². The second-order valence-corrected chi connectivity index (χ2v) is 4.44. The van der Waals surface area contributed by atoms with Crippen LogP contribution in [0.15, 0.2) is 42.7 Å². The summed E-state index contributed by atoms with van der Waals surface area (Å²) >= 11 is 2.04. The van der Waals surface area contributed by atoms with Crippen molar-refractivity contribution in [2.45, 2.75) is 0 Å². The maximum Gasteiger partial charge on any atom is 0.197 e. The molecule has 0 aliphatic rings. The fourth-order valence-corrected chi connectivity index (χ4v) is 1.82. The van der Waals surface area contributed by atoms with Gasteiger partial charge in [-0.2, -0.15) is 0 Å². The first-order chi connectivity index (χ1) is 7.68. The van der Waals surface area contributed by atoms with E-state index < -0.39 is 5.82 Å². The quantitative estimate of drug-likeness (QED) is 0.627. The van der Waals surface area contributed by atoms with Crippen LogP contribution in [0.2, 0.25) is 0 Å². The molecule has 0 atom stereocenters. The molecule has 0 amide bonds. The second-order valence-electron chi connectivity index (χ2n) is 3.19. The van der Waals surface area contributed by atoms with Gasteiger partial charge < -0.3 is 0 Å². The first-order valence-electron chi connectivity index (χ1n) is 4.58. The van der Waals surface area contributed by atoms with Crippen LogP contribution in [-0.4, -0.2) is 10.8 Å². The summed E-state index contributed by atoms with van der Waals surface area (Å²) in [6.45, 7) is 0. The largest absolute Gasteiger partial charge is 0.288 e. The van der Waals surface area contributed by atoms with Gasteiger partial charge in [0.05, 0.1) is 5.56 Å². The van der Waals surface area contributed by atoms with E-state index in [2.05, 4.69) is 4.98 Å². The Labute approximate surface area is 106 Å². The maximum atomic E-state index is 13.5. The van der Waals surface area contributed by atoms with Crippen LogP contribution in [0.5, 0.6) is 0 Å². The normalized spacial score (nSPS) is 10.1. The second kappa shape index (κ2) is 4.69. The van der Waals surface area contributed by atoms with Crippen molar-refractivity contribution in [2.75, 3.05) is 0 Å². The number of carbonyl (C=O) groups is 1. The Kier molecular flexibility index (Phi) is 3.28. The van der Waals surface area contributed by atoms with E-state index in [1.54, 1.807) is 24.4 Å². The van der Waals surface area contributed by atoms with Crippen molar-refractivity contribution in [1.82, 2.24) is 4.98 Å². The number of nitrogens with zero attached hydrogens (tertiary/aromatic N) is 1. The van der Waals surface area contributed by atoms with E-state index in [0.29, 0.717) is 5.56 Å². The lowest BCUT2D eigenvalue weighted by molar-refractivity contribution is 0.103. The first kappa shape index (κ1) is 11.2. The van der Waals surface area contributed by atoms with Gasteiger partial charge in [0.15, 0.2) is 5.78 Å². The molecule has 1 heterocycles. The third-order valence-electron chi connectivity index (χ3n) is 2.10. The highest BCUT2D eigenvalue weighted by atomic mass is 127. The summed E-state index contributed by atoms with van der Waals surface area (Å²) < 4.78 is 14.3. The lowest BCUT2D eigenvalue weighted by Gasteiger charge is -2.02. The molecule has 0 saturated heterocycles. The summed E-state index contributed by atoms with van der Waals surface area (Å²) in [6, 6.07) is 7.72. The van der Waals surface area contributed by atoms with Gasteiger partial charge in [-0.3, -0.25) is 9.78 Å². The minimum absolute atomic E-state index is 0.0832. The number of rotatable bonds is 2. The monoisotopic (exact) mass is 327 g/mol.